The molecule has 0 amide bonds. The fourth-order valence-electron chi connectivity index (χ4n) is 2.45. The molecule has 1 heterocycles. The standard InChI is InChI=1S/C15H16F3IO4/c1-21-13-11(15(16,17)18)12(23-14(13)20)10(19)8-22-7-9-5-3-2-4-6-9/h2-6,10-13H,7-8H2,1H3/t10-,11+,12-,13-/m0/s1. The Morgan fingerprint density at radius 3 is 2.52 bits per heavy atom. The van der Waals surface area contributed by atoms with Crippen LogP contribution in [0.3, 0.4) is 0 Å². The van der Waals surface area contributed by atoms with Crippen molar-refractivity contribution < 1.29 is 32.2 Å². The third kappa shape index (κ3) is 4.57. The Kier molecular flexibility index (Phi) is 6.26. The molecule has 0 N–H and O–H groups in total. The predicted molar refractivity (Wildman–Crippen MR) is 84.1 cm³/mol. The van der Waals surface area contributed by atoms with E-state index in [9.17, 15) is 18.0 Å². The Morgan fingerprint density at radius 1 is 1.30 bits per heavy atom. The number of rotatable bonds is 6. The van der Waals surface area contributed by atoms with Crippen molar-refractivity contribution in [1.29, 1.82) is 0 Å². The van der Waals surface area contributed by atoms with Crippen LogP contribution >= 0.6 is 22.6 Å². The van der Waals surface area contributed by atoms with E-state index in [0.29, 0.717) is 0 Å². The predicted octanol–water partition coefficient (Wildman–Crippen LogP) is 3.13. The first-order valence-corrected chi connectivity index (χ1v) is 8.15. The van der Waals surface area contributed by atoms with Crippen LogP contribution in [0, 0.1) is 5.92 Å². The Hall–Kier alpha value is -0.870. The Bertz CT molecular complexity index is 523. The molecular formula is C15H16F3IO4. The van der Waals surface area contributed by atoms with E-state index in [-0.39, 0.29) is 13.2 Å². The van der Waals surface area contributed by atoms with Crippen LogP contribution in [-0.2, 0) is 25.6 Å². The van der Waals surface area contributed by atoms with E-state index in [1.54, 1.807) is 0 Å². The molecule has 1 saturated heterocycles. The van der Waals surface area contributed by atoms with Gasteiger partial charge in [-0.2, -0.15) is 13.2 Å². The topological polar surface area (TPSA) is 44.8 Å². The number of alkyl halides is 4. The van der Waals surface area contributed by atoms with Crippen LogP contribution in [0.4, 0.5) is 13.2 Å². The van der Waals surface area contributed by atoms with Crippen molar-refractivity contribution in [3.8, 4) is 0 Å². The molecule has 0 bridgehead atoms. The van der Waals surface area contributed by atoms with Gasteiger partial charge >= 0.3 is 12.1 Å². The number of hydrogen-bond donors (Lipinski definition) is 0. The summed E-state index contributed by atoms with van der Waals surface area (Å²) in [5, 5.41) is 0. The zero-order valence-electron chi connectivity index (χ0n) is 12.3. The molecular weight excluding hydrogens is 428 g/mol. The number of ether oxygens (including phenoxy) is 3. The molecule has 4 nitrogen and oxygen atoms in total. The van der Waals surface area contributed by atoms with E-state index >= 15 is 0 Å². The maximum atomic E-state index is 13.2. The van der Waals surface area contributed by atoms with Crippen LogP contribution in [-0.4, -0.2) is 42.0 Å². The zero-order chi connectivity index (χ0) is 17.0. The number of halogens is 4. The van der Waals surface area contributed by atoms with E-state index in [2.05, 4.69) is 4.74 Å². The van der Waals surface area contributed by atoms with Crippen molar-refractivity contribution in [3.63, 3.8) is 0 Å². The lowest BCUT2D eigenvalue weighted by Crippen LogP contribution is -2.43. The largest absolute Gasteiger partial charge is 0.458 e. The number of hydrogen-bond acceptors (Lipinski definition) is 4. The van der Waals surface area contributed by atoms with Gasteiger partial charge in [-0.15, -0.1) is 0 Å². The molecule has 0 saturated carbocycles. The first kappa shape index (κ1) is 18.5. The fraction of sp³-hybridized carbons (Fsp3) is 0.533. The summed E-state index contributed by atoms with van der Waals surface area (Å²) >= 11 is 1.82. The van der Waals surface area contributed by atoms with Gasteiger partial charge < -0.3 is 14.2 Å². The molecule has 1 aromatic carbocycles. The molecule has 0 spiro atoms. The lowest BCUT2D eigenvalue weighted by atomic mass is 9.96. The Morgan fingerprint density at radius 2 is 1.96 bits per heavy atom. The van der Waals surface area contributed by atoms with Gasteiger partial charge in [-0.05, 0) is 5.56 Å². The molecule has 0 aromatic heterocycles. The average Bonchev–Trinajstić information content (AvgIpc) is 2.85. The van der Waals surface area contributed by atoms with Gasteiger partial charge in [-0.1, -0.05) is 52.9 Å². The third-order valence-corrected chi connectivity index (χ3v) is 4.61. The molecule has 4 atom stereocenters. The van der Waals surface area contributed by atoms with Gasteiger partial charge in [-0.3, -0.25) is 0 Å². The van der Waals surface area contributed by atoms with Gasteiger partial charge in [0.1, 0.15) is 12.0 Å². The molecule has 1 aromatic rings. The zero-order valence-corrected chi connectivity index (χ0v) is 14.4. The summed E-state index contributed by atoms with van der Waals surface area (Å²) in [5.41, 5.74) is 0.918. The first-order valence-electron chi connectivity index (χ1n) is 6.90. The van der Waals surface area contributed by atoms with Crippen molar-refractivity contribution in [1.82, 2.24) is 0 Å². The number of methoxy groups -OCH3 is 1. The SMILES string of the molecule is CO[C@@H]1C(=O)O[C@@H]([C@@H](I)COCc2ccccc2)[C@H]1C(F)(F)F. The summed E-state index contributed by atoms with van der Waals surface area (Å²) in [5.74, 6) is -2.97. The monoisotopic (exact) mass is 444 g/mol. The second kappa shape index (κ2) is 7.80. The van der Waals surface area contributed by atoms with Gasteiger partial charge in [-0.25, -0.2) is 4.79 Å². The van der Waals surface area contributed by atoms with Crippen LogP contribution < -0.4 is 0 Å². The molecule has 2 rings (SSSR count). The van der Waals surface area contributed by atoms with Crippen LogP contribution in [0.5, 0.6) is 0 Å². The summed E-state index contributed by atoms with van der Waals surface area (Å²) in [6.45, 7) is 0.321. The van der Waals surface area contributed by atoms with Gasteiger partial charge in [0.15, 0.2) is 6.10 Å². The number of benzene rings is 1. The van der Waals surface area contributed by atoms with Gasteiger partial charge in [0.2, 0.25) is 0 Å². The van der Waals surface area contributed by atoms with Gasteiger partial charge in [0.05, 0.1) is 17.1 Å². The van der Waals surface area contributed by atoms with Crippen molar-refractivity contribution >= 4 is 28.6 Å². The second-order valence-corrected chi connectivity index (χ2v) is 6.74. The smallest absolute Gasteiger partial charge is 0.398 e. The van der Waals surface area contributed by atoms with Crippen LogP contribution in [0.25, 0.3) is 0 Å². The number of esters is 1. The highest BCUT2D eigenvalue weighted by atomic mass is 127. The fourth-order valence-corrected chi connectivity index (χ4v) is 3.30. The highest BCUT2D eigenvalue weighted by molar-refractivity contribution is 14.1. The molecule has 1 fully saturated rings. The Labute approximate surface area is 145 Å². The molecule has 23 heavy (non-hydrogen) atoms. The lowest BCUT2D eigenvalue weighted by molar-refractivity contribution is -0.205. The number of cyclic esters (lactones) is 1. The van der Waals surface area contributed by atoms with Gasteiger partial charge in [0, 0.05) is 7.11 Å². The summed E-state index contributed by atoms with van der Waals surface area (Å²) in [7, 11) is 1.07. The molecule has 0 unspecified atom stereocenters. The lowest BCUT2D eigenvalue weighted by Gasteiger charge is -2.26. The van der Waals surface area contributed by atoms with E-state index in [4.69, 9.17) is 9.47 Å². The number of carbonyl (C=O) groups excluding carboxylic acids is 1. The van der Waals surface area contributed by atoms with E-state index in [1.165, 1.54) is 0 Å². The average molecular weight is 444 g/mol. The minimum atomic E-state index is -4.58. The quantitative estimate of drug-likeness (QED) is 0.385. The van der Waals surface area contributed by atoms with Gasteiger partial charge in [0.25, 0.3) is 0 Å². The molecule has 0 radical (unpaired) electrons. The maximum absolute atomic E-state index is 13.2. The molecule has 1 aliphatic rings. The highest BCUT2D eigenvalue weighted by Crippen LogP contribution is 2.41. The van der Waals surface area contributed by atoms with E-state index in [0.717, 1.165) is 12.7 Å². The summed E-state index contributed by atoms with van der Waals surface area (Å²) in [6.07, 6.45) is -7.52. The molecule has 8 heteroatoms. The van der Waals surface area contributed by atoms with Crippen LogP contribution in [0.2, 0.25) is 0 Å². The molecule has 128 valence electrons. The first-order chi connectivity index (χ1) is 10.8. The van der Waals surface area contributed by atoms with Crippen LogP contribution in [0.1, 0.15) is 5.56 Å². The molecule has 1 aliphatic heterocycles. The number of carbonyl (C=O) groups is 1. The minimum absolute atomic E-state index is 0.0381. The maximum Gasteiger partial charge on any atom is 0.398 e. The van der Waals surface area contributed by atoms with Crippen molar-refractivity contribution in [2.24, 2.45) is 5.92 Å². The van der Waals surface area contributed by atoms with Crippen molar-refractivity contribution in [2.45, 2.75) is 28.9 Å². The van der Waals surface area contributed by atoms with E-state index < -0.39 is 34.2 Å². The highest BCUT2D eigenvalue weighted by Gasteiger charge is 2.60. The summed E-state index contributed by atoms with van der Waals surface area (Å²) in [4.78, 5) is 11.6. The summed E-state index contributed by atoms with van der Waals surface area (Å²) < 4.78 is 54.0. The van der Waals surface area contributed by atoms with Crippen LogP contribution in [0.15, 0.2) is 30.3 Å². The van der Waals surface area contributed by atoms with E-state index in [1.807, 2.05) is 52.9 Å². The minimum Gasteiger partial charge on any atom is -0.458 e. The summed E-state index contributed by atoms with van der Waals surface area (Å²) in [6, 6.07) is 9.28. The Balaban J connectivity index is 1.97. The second-order valence-electron chi connectivity index (χ2n) is 5.14. The van der Waals surface area contributed by atoms with Crippen molar-refractivity contribution in [3.05, 3.63) is 35.9 Å². The normalized spacial score (nSPS) is 26.1. The third-order valence-electron chi connectivity index (χ3n) is 3.54. The van der Waals surface area contributed by atoms with Crippen molar-refractivity contribution in [2.75, 3.05) is 13.7 Å². The molecule has 0 aliphatic carbocycles.